The van der Waals surface area contributed by atoms with E-state index in [1.807, 2.05) is 6.92 Å². The lowest BCUT2D eigenvalue weighted by molar-refractivity contribution is -0.143. The van der Waals surface area contributed by atoms with Gasteiger partial charge >= 0.3 is 5.97 Å². The summed E-state index contributed by atoms with van der Waals surface area (Å²) in [6.45, 7) is 2.56. The fourth-order valence-electron chi connectivity index (χ4n) is 2.93. The Labute approximate surface area is 107 Å². The quantitative estimate of drug-likeness (QED) is 0.793. The first-order valence-electron chi connectivity index (χ1n) is 6.72. The molecule has 2 aliphatic rings. The zero-order valence-corrected chi connectivity index (χ0v) is 10.7. The molecule has 1 amide bonds. The lowest BCUT2D eigenvalue weighted by atomic mass is 9.85. The van der Waals surface area contributed by atoms with Crippen LogP contribution >= 0.6 is 0 Å². The first-order valence-corrected chi connectivity index (χ1v) is 6.72. The summed E-state index contributed by atoms with van der Waals surface area (Å²) in [5.74, 6) is -1.10. The third-order valence-electron chi connectivity index (χ3n) is 4.08. The number of hydrogen-bond acceptors (Lipinski definition) is 3. The molecule has 0 aromatic carbocycles. The normalized spacial score (nSPS) is 36.3. The number of carboxylic acid groups (broad SMARTS) is 1. The van der Waals surface area contributed by atoms with Gasteiger partial charge in [0, 0.05) is 12.6 Å². The topological polar surface area (TPSA) is 75.6 Å². The molecule has 0 aromatic heterocycles. The highest BCUT2D eigenvalue weighted by atomic mass is 16.5. The van der Waals surface area contributed by atoms with E-state index in [2.05, 4.69) is 5.32 Å². The maximum Gasteiger partial charge on any atom is 0.306 e. The fourth-order valence-corrected chi connectivity index (χ4v) is 2.93. The van der Waals surface area contributed by atoms with Gasteiger partial charge in [0.15, 0.2) is 0 Å². The van der Waals surface area contributed by atoms with Crippen LogP contribution in [0.5, 0.6) is 0 Å². The average molecular weight is 255 g/mol. The predicted octanol–water partition coefficient (Wildman–Crippen LogP) is 1.17. The van der Waals surface area contributed by atoms with E-state index >= 15 is 0 Å². The van der Waals surface area contributed by atoms with E-state index in [0.29, 0.717) is 13.0 Å². The van der Waals surface area contributed by atoms with Gasteiger partial charge in [0.05, 0.1) is 17.9 Å². The van der Waals surface area contributed by atoms with E-state index in [0.717, 1.165) is 25.7 Å². The molecule has 0 bridgehead atoms. The van der Waals surface area contributed by atoms with Crippen LogP contribution in [-0.4, -0.2) is 35.7 Å². The number of carboxylic acids is 1. The standard InChI is InChI=1S/C13H21NO4/c1-8-11(5-6-18-8)12(15)14-10-4-2-3-9(7-10)13(16)17/h8-11H,2-7H2,1H3,(H,14,15)(H,16,17). The molecule has 0 radical (unpaired) electrons. The average Bonchev–Trinajstić information content (AvgIpc) is 2.76. The molecule has 5 nitrogen and oxygen atoms in total. The highest BCUT2D eigenvalue weighted by Crippen LogP contribution is 2.26. The molecule has 1 aliphatic carbocycles. The highest BCUT2D eigenvalue weighted by molar-refractivity contribution is 5.80. The second-order valence-corrected chi connectivity index (χ2v) is 5.38. The maximum absolute atomic E-state index is 12.1. The minimum atomic E-state index is -0.744. The Morgan fingerprint density at radius 2 is 2.06 bits per heavy atom. The van der Waals surface area contributed by atoms with Gasteiger partial charge in [0.2, 0.25) is 5.91 Å². The molecule has 0 spiro atoms. The summed E-state index contributed by atoms with van der Waals surface area (Å²) in [4.78, 5) is 23.0. The second kappa shape index (κ2) is 5.69. The number of nitrogens with one attached hydrogen (secondary N) is 1. The minimum absolute atomic E-state index is 0.0140. The molecule has 4 atom stereocenters. The Hall–Kier alpha value is -1.10. The summed E-state index contributed by atoms with van der Waals surface area (Å²) in [5.41, 5.74) is 0. The number of carbonyl (C=O) groups is 2. The van der Waals surface area contributed by atoms with Gasteiger partial charge < -0.3 is 15.2 Å². The maximum atomic E-state index is 12.1. The number of ether oxygens (including phenoxy) is 1. The lowest BCUT2D eigenvalue weighted by Gasteiger charge is -2.28. The van der Waals surface area contributed by atoms with Crippen LogP contribution in [0.3, 0.4) is 0 Å². The van der Waals surface area contributed by atoms with Gasteiger partial charge in [-0.2, -0.15) is 0 Å². The SMILES string of the molecule is CC1OCCC1C(=O)NC1CCCC(C(=O)O)C1. The second-order valence-electron chi connectivity index (χ2n) is 5.38. The first-order chi connectivity index (χ1) is 8.58. The Morgan fingerprint density at radius 3 is 2.67 bits per heavy atom. The van der Waals surface area contributed by atoms with Crippen LogP contribution in [0.15, 0.2) is 0 Å². The van der Waals surface area contributed by atoms with Crippen molar-refractivity contribution in [2.45, 2.75) is 51.2 Å². The van der Waals surface area contributed by atoms with Crippen molar-refractivity contribution in [3.63, 3.8) is 0 Å². The molecule has 1 saturated heterocycles. The fraction of sp³-hybridized carbons (Fsp3) is 0.846. The van der Waals surface area contributed by atoms with Crippen LogP contribution in [0, 0.1) is 11.8 Å². The smallest absolute Gasteiger partial charge is 0.306 e. The van der Waals surface area contributed by atoms with Crippen molar-refractivity contribution in [1.82, 2.24) is 5.32 Å². The van der Waals surface area contributed by atoms with Gasteiger partial charge in [-0.15, -0.1) is 0 Å². The molecule has 1 heterocycles. The van der Waals surface area contributed by atoms with Crippen molar-refractivity contribution in [3.8, 4) is 0 Å². The summed E-state index contributed by atoms with van der Waals surface area (Å²) in [6, 6.07) is 0.0140. The van der Waals surface area contributed by atoms with E-state index in [1.54, 1.807) is 0 Å². The van der Waals surface area contributed by atoms with Crippen LogP contribution in [0.2, 0.25) is 0 Å². The van der Waals surface area contributed by atoms with Crippen LogP contribution in [0.4, 0.5) is 0 Å². The zero-order chi connectivity index (χ0) is 13.1. The third kappa shape index (κ3) is 3.02. The Bertz CT molecular complexity index is 331. The van der Waals surface area contributed by atoms with Gasteiger partial charge in [0.1, 0.15) is 0 Å². The van der Waals surface area contributed by atoms with Gasteiger partial charge in [0.25, 0.3) is 0 Å². The molecule has 2 N–H and O–H groups in total. The highest BCUT2D eigenvalue weighted by Gasteiger charge is 2.33. The number of carbonyl (C=O) groups excluding carboxylic acids is 1. The van der Waals surface area contributed by atoms with Gasteiger partial charge in [-0.25, -0.2) is 0 Å². The molecule has 2 fully saturated rings. The van der Waals surface area contributed by atoms with E-state index in [1.165, 1.54) is 0 Å². The molecule has 2 rings (SSSR count). The van der Waals surface area contributed by atoms with Crippen LogP contribution in [0.1, 0.15) is 39.0 Å². The molecular formula is C13H21NO4. The summed E-state index contributed by atoms with van der Waals surface area (Å²) >= 11 is 0. The summed E-state index contributed by atoms with van der Waals surface area (Å²) in [6.07, 6.45) is 3.79. The summed E-state index contributed by atoms with van der Waals surface area (Å²) in [7, 11) is 0. The van der Waals surface area contributed by atoms with Crippen molar-refractivity contribution >= 4 is 11.9 Å². The van der Waals surface area contributed by atoms with Gasteiger partial charge in [-0.3, -0.25) is 9.59 Å². The predicted molar refractivity (Wildman–Crippen MR) is 65.0 cm³/mol. The Morgan fingerprint density at radius 1 is 1.28 bits per heavy atom. The minimum Gasteiger partial charge on any atom is -0.481 e. The van der Waals surface area contributed by atoms with Gasteiger partial charge in [-0.05, 0) is 32.6 Å². The van der Waals surface area contributed by atoms with E-state index in [9.17, 15) is 9.59 Å². The number of aliphatic carboxylic acids is 1. The molecule has 18 heavy (non-hydrogen) atoms. The van der Waals surface area contributed by atoms with Crippen molar-refractivity contribution in [1.29, 1.82) is 0 Å². The molecule has 1 saturated carbocycles. The number of rotatable bonds is 3. The molecule has 5 heteroatoms. The first kappa shape index (κ1) is 13.3. The largest absolute Gasteiger partial charge is 0.481 e. The van der Waals surface area contributed by atoms with E-state index < -0.39 is 5.97 Å². The summed E-state index contributed by atoms with van der Waals surface area (Å²) < 4.78 is 5.38. The molecule has 1 aliphatic heterocycles. The Kier molecular flexibility index (Phi) is 4.22. The van der Waals surface area contributed by atoms with E-state index in [-0.39, 0.29) is 29.9 Å². The third-order valence-corrected chi connectivity index (χ3v) is 4.08. The molecule has 4 unspecified atom stereocenters. The van der Waals surface area contributed by atoms with Crippen molar-refractivity contribution in [2.75, 3.05) is 6.61 Å². The molecular weight excluding hydrogens is 234 g/mol. The van der Waals surface area contributed by atoms with Crippen molar-refractivity contribution in [3.05, 3.63) is 0 Å². The van der Waals surface area contributed by atoms with Crippen molar-refractivity contribution in [2.24, 2.45) is 11.8 Å². The molecule has 102 valence electrons. The summed E-state index contributed by atoms with van der Waals surface area (Å²) in [5, 5.41) is 12.0. The van der Waals surface area contributed by atoms with Gasteiger partial charge in [-0.1, -0.05) is 6.42 Å². The van der Waals surface area contributed by atoms with Crippen LogP contribution in [-0.2, 0) is 14.3 Å². The van der Waals surface area contributed by atoms with E-state index in [4.69, 9.17) is 9.84 Å². The van der Waals surface area contributed by atoms with Crippen molar-refractivity contribution < 1.29 is 19.4 Å². The van der Waals surface area contributed by atoms with Crippen LogP contribution in [0.25, 0.3) is 0 Å². The number of hydrogen-bond donors (Lipinski definition) is 2. The zero-order valence-electron chi connectivity index (χ0n) is 10.7. The Balaban J connectivity index is 1.85. The lowest BCUT2D eigenvalue weighted by Crippen LogP contribution is -2.43. The van der Waals surface area contributed by atoms with Crippen LogP contribution < -0.4 is 5.32 Å². The number of amides is 1. The monoisotopic (exact) mass is 255 g/mol. The molecule has 0 aromatic rings.